The van der Waals surface area contributed by atoms with Gasteiger partial charge in [0.2, 0.25) is 0 Å². The summed E-state index contributed by atoms with van der Waals surface area (Å²) >= 11 is 3.72. The van der Waals surface area contributed by atoms with Gasteiger partial charge in [-0.05, 0) is 95.1 Å². The van der Waals surface area contributed by atoms with Gasteiger partial charge in [-0.2, -0.15) is 0 Å². The van der Waals surface area contributed by atoms with Crippen LogP contribution in [0.15, 0.2) is 230 Å². The van der Waals surface area contributed by atoms with Crippen molar-refractivity contribution in [1.29, 1.82) is 0 Å². The quantitative estimate of drug-likeness (QED) is 0.166. The fraction of sp³-hybridized carbons (Fsp3) is 0. The molecule has 0 saturated carbocycles. The van der Waals surface area contributed by atoms with Crippen LogP contribution in [0.25, 0.3) is 106 Å². The van der Waals surface area contributed by atoms with E-state index in [1.165, 1.54) is 41.4 Å². The van der Waals surface area contributed by atoms with E-state index in [0.29, 0.717) is 17.5 Å². The van der Waals surface area contributed by atoms with Gasteiger partial charge in [-0.25, -0.2) is 15.0 Å². The van der Waals surface area contributed by atoms with Gasteiger partial charge in [0.15, 0.2) is 17.5 Å². The molecule has 7 heteroatoms. The van der Waals surface area contributed by atoms with E-state index in [2.05, 4.69) is 150 Å². The maximum absolute atomic E-state index is 6.57. The number of hydrogen-bond acceptors (Lipinski definition) is 6. The fourth-order valence-corrected chi connectivity index (χ4v) is 11.4. The number of nitrogens with zero attached hydrogens (tertiary/aromatic N) is 4. The minimum absolute atomic E-state index is 0.618. The predicted octanol–water partition coefficient (Wildman–Crippen LogP) is 15.8. The maximum atomic E-state index is 6.57. The second-order valence-corrected chi connectivity index (χ2v) is 18.1. The summed E-state index contributed by atoms with van der Waals surface area (Å²) in [7, 11) is 0. The van der Waals surface area contributed by atoms with Crippen LogP contribution in [0.2, 0.25) is 0 Å². The smallest absolute Gasteiger partial charge is 0.164 e. The molecule has 0 aliphatic carbocycles. The highest BCUT2D eigenvalue weighted by Gasteiger charge is 2.22. The molecule has 3 aromatic heterocycles. The van der Waals surface area contributed by atoms with Gasteiger partial charge in [-0.3, -0.25) is 0 Å². The normalized spacial score (nSPS) is 12.2. The van der Waals surface area contributed by atoms with Crippen molar-refractivity contribution in [2.24, 2.45) is 0 Å². The van der Waals surface area contributed by atoms with Crippen molar-refractivity contribution >= 4 is 67.3 Å². The second-order valence-electron chi connectivity index (χ2n) is 16.0. The van der Waals surface area contributed by atoms with Crippen LogP contribution in [-0.4, -0.2) is 19.5 Å². The minimum Gasteiger partial charge on any atom is -0.456 e. The second kappa shape index (κ2) is 15.0. The van der Waals surface area contributed by atoms with Crippen LogP contribution in [0.1, 0.15) is 0 Å². The molecular formula is C57H34N4OS2. The summed E-state index contributed by atoms with van der Waals surface area (Å²) in [6.07, 6.45) is 0. The van der Waals surface area contributed by atoms with Crippen LogP contribution in [0, 0.1) is 0 Å². The van der Waals surface area contributed by atoms with E-state index in [0.717, 1.165) is 66.6 Å². The van der Waals surface area contributed by atoms with Crippen molar-refractivity contribution in [3.05, 3.63) is 206 Å². The summed E-state index contributed by atoms with van der Waals surface area (Å²) < 4.78 is 8.98. The van der Waals surface area contributed by atoms with Crippen molar-refractivity contribution in [2.45, 2.75) is 19.6 Å². The molecule has 0 saturated heterocycles. The molecule has 1 aliphatic rings. The van der Waals surface area contributed by atoms with Gasteiger partial charge >= 0.3 is 0 Å². The van der Waals surface area contributed by atoms with Gasteiger partial charge < -0.3 is 8.98 Å². The van der Waals surface area contributed by atoms with Crippen LogP contribution in [0.3, 0.4) is 0 Å². The molecule has 0 bridgehead atoms. The molecule has 0 radical (unpaired) electrons. The first kappa shape index (κ1) is 36.9. The third-order valence-electron chi connectivity index (χ3n) is 12.1. The lowest BCUT2D eigenvalue weighted by Gasteiger charge is -2.18. The largest absolute Gasteiger partial charge is 0.456 e. The van der Waals surface area contributed by atoms with E-state index < -0.39 is 0 Å². The highest BCUT2D eigenvalue weighted by atomic mass is 32.2. The van der Waals surface area contributed by atoms with Crippen LogP contribution in [0.5, 0.6) is 0 Å². The molecule has 9 aromatic carbocycles. The Morgan fingerprint density at radius 1 is 0.344 bits per heavy atom. The summed E-state index contributed by atoms with van der Waals surface area (Å²) in [6.45, 7) is 0. The fourth-order valence-electron chi connectivity index (χ4n) is 9.09. The lowest BCUT2D eigenvalue weighted by Crippen LogP contribution is -2.00. The van der Waals surface area contributed by atoms with Crippen molar-refractivity contribution < 1.29 is 4.42 Å². The van der Waals surface area contributed by atoms with Gasteiger partial charge in [0.1, 0.15) is 11.2 Å². The molecule has 13 rings (SSSR count). The van der Waals surface area contributed by atoms with E-state index >= 15 is 0 Å². The SMILES string of the molecule is c1ccc(-c2nc(-c3ccccc3)nc(-c3cccc(-c4cccc5oc6ccc(-c7ccc8c(c7)c7cc9c(cc7n8-c7ccccc7)Sc7ccccc7S9)cc6c45)c3)n2)cc1. The Morgan fingerprint density at radius 3 is 1.59 bits per heavy atom. The summed E-state index contributed by atoms with van der Waals surface area (Å²) in [6, 6.07) is 72.7. The van der Waals surface area contributed by atoms with Crippen molar-refractivity contribution in [2.75, 3.05) is 0 Å². The number of rotatable bonds is 6. The maximum Gasteiger partial charge on any atom is 0.164 e. The van der Waals surface area contributed by atoms with Crippen LogP contribution < -0.4 is 0 Å². The Balaban J connectivity index is 0.939. The van der Waals surface area contributed by atoms with Gasteiger partial charge in [0.05, 0.1) is 11.0 Å². The number of benzene rings is 9. The number of aromatic nitrogens is 4. The average molecular weight is 855 g/mol. The monoisotopic (exact) mass is 854 g/mol. The Morgan fingerprint density at radius 2 is 0.891 bits per heavy atom. The van der Waals surface area contributed by atoms with Gasteiger partial charge in [0.25, 0.3) is 0 Å². The Hall–Kier alpha value is -7.71. The van der Waals surface area contributed by atoms with Gasteiger partial charge in [0, 0.05) is 63.5 Å². The van der Waals surface area contributed by atoms with Crippen LogP contribution in [-0.2, 0) is 0 Å². The number of hydrogen-bond donors (Lipinski definition) is 0. The lowest BCUT2D eigenvalue weighted by molar-refractivity contribution is 0.669. The molecule has 1 aliphatic heterocycles. The van der Waals surface area contributed by atoms with Gasteiger partial charge in [-0.15, -0.1) is 0 Å². The first-order chi connectivity index (χ1) is 31.7. The van der Waals surface area contributed by atoms with Crippen molar-refractivity contribution in [1.82, 2.24) is 19.5 Å². The van der Waals surface area contributed by atoms with Crippen molar-refractivity contribution in [3.63, 3.8) is 0 Å². The van der Waals surface area contributed by atoms with Crippen LogP contribution in [0.4, 0.5) is 0 Å². The molecule has 300 valence electrons. The average Bonchev–Trinajstić information content (AvgIpc) is 3.90. The zero-order valence-corrected chi connectivity index (χ0v) is 35.8. The minimum atomic E-state index is 0.618. The first-order valence-electron chi connectivity index (χ1n) is 21.2. The van der Waals surface area contributed by atoms with E-state index in [1.54, 1.807) is 0 Å². The molecule has 64 heavy (non-hydrogen) atoms. The third kappa shape index (κ3) is 6.23. The van der Waals surface area contributed by atoms with E-state index in [9.17, 15) is 0 Å². The number of para-hydroxylation sites is 1. The molecule has 0 spiro atoms. The molecular weight excluding hydrogens is 821 g/mol. The number of furan rings is 1. The van der Waals surface area contributed by atoms with E-state index in [-0.39, 0.29) is 0 Å². The highest BCUT2D eigenvalue weighted by Crippen LogP contribution is 2.51. The molecule has 4 heterocycles. The molecule has 0 amide bonds. The Labute approximate surface area is 377 Å². The molecule has 0 fully saturated rings. The van der Waals surface area contributed by atoms with E-state index in [4.69, 9.17) is 19.4 Å². The summed E-state index contributed by atoms with van der Waals surface area (Å²) in [4.78, 5) is 20.2. The van der Waals surface area contributed by atoms with Crippen molar-refractivity contribution in [3.8, 4) is 62.1 Å². The zero-order valence-electron chi connectivity index (χ0n) is 34.1. The molecule has 12 aromatic rings. The standard InChI is InChI=1S/C57H34N4OS2/c1-4-14-35(15-5-1)55-58-56(36-16-6-2-7-17-36)60-57(59-55)40-19-12-18-39(30-40)42-22-13-23-49-54(42)45-32-38(27-29-48(45)62-49)37-26-28-46-43(31-37)44-33-52-53(64-51-25-11-10-24-50(51)63-52)34-47(44)61(46)41-20-8-3-9-21-41/h1-34H. The lowest BCUT2D eigenvalue weighted by atomic mass is 9.96. The van der Waals surface area contributed by atoms with Crippen LogP contribution >= 0.6 is 23.5 Å². The topological polar surface area (TPSA) is 56.7 Å². The molecule has 0 atom stereocenters. The predicted molar refractivity (Wildman–Crippen MR) is 263 cm³/mol. The highest BCUT2D eigenvalue weighted by molar-refractivity contribution is 8.05. The summed E-state index contributed by atoms with van der Waals surface area (Å²) in [5.74, 6) is 1.89. The summed E-state index contributed by atoms with van der Waals surface area (Å²) in [5.41, 5.74) is 12.4. The van der Waals surface area contributed by atoms with Gasteiger partial charge in [-0.1, -0.05) is 157 Å². The molecule has 0 unspecified atom stereocenters. The first-order valence-corrected chi connectivity index (χ1v) is 22.9. The van der Waals surface area contributed by atoms with E-state index in [1.807, 2.05) is 84.2 Å². The molecule has 5 nitrogen and oxygen atoms in total. The third-order valence-corrected chi connectivity index (χ3v) is 14.6. The zero-order chi connectivity index (χ0) is 42.1. The Kier molecular flexibility index (Phi) is 8.64. The number of fused-ring (bicyclic) bond motifs is 8. The molecule has 0 N–H and O–H groups in total. The Bertz CT molecular complexity index is 3730. The summed E-state index contributed by atoms with van der Waals surface area (Å²) in [5, 5.41) is 4.61.